The van der Waals surface area contributed by atoms with Crippen molar-refractivity contribution in [1.82, 2.24) is 4.90 Å². The van der Waals surface area contributed by atoms with Crippen molar-refractivity contribution in [1.29, 1.82) is 0 Å². The van der Waals surface area contributed by atoms with Crippen molar-refractivity contribution in [3.05, 3.63) is 35.9 Å². The number of hydrogen-bond donors (Lipinski definition) is 1. The van der Waals surface area contributed by atoms with Crippen LogP contribution in [-0.4, -0.2) is 38.3 Å². The molecule has 0 aliphatic carbocycles. The van der Waals surface area contributed by atoms with E-state index >= 15 is 0 Å². The second kappa shape index (κ2) is 8.31. The monoisotopic (exact) mass is 264 g/mol. The van der Waals surface area contributed by atoms with Gasteiger partial charge < -0.3 is 15.4 Å². The molecule has 1 aromatic carbocycles. The second-order valence-electron chi connectivity index (χ2n) is 5.50. The molecule has 0 radical (unpaired) electrons. The van der Waals surface area contributed by atoms with Gasteiger partial charge in [-0.1, -0.05) is 44.2 Å². The second-order valence-corrected chi connectivity index (χ2v) is 5.50. The molecule has 1 aromatic rings. The average molecular weight is 264 g/mol. The SMILES string of the molecule is COCCCN(C)C(C(C)C)C(N)c1ccccc1. The molecule has 0 heterocycles. The largest absolute Gasteiger partial charge is 0.385 e. The smallest absolute Gasteiger partial charge is 0.0474 e. The van der Waals surface area contributed by atoms with Crippen LogP contribution in [0.2, 0.25) is 0 Å². The van der Waals surface area contributed by atoms with Gasteiger partial charge in [0.2, 0.25) is 0 Å². The normalized spacial score (nSPS) is 14.9. The lowest BCUT2D eigenvalue weighted by molar-refractivity contribution is 0.134. The van der Waals surface area contributed by atoms with Crippen molar-refractivity contribution in [2.24, 2.45) is 11.7 Å². The van der Waals surface area contributed by atoms with Gasteiger partial charge in [0, 0.05) is 32.3 Å². The van der Waals surface area contributed by atoms with E-state index in [0.29, 0.717) is 12.0 Å². The maximum Gasteiger partial charge on any atom is 0.0474 e. The minimum absolute atomic E-state index is 0.0498. The van der Waals surface area contributed by atoms with Gasteiger partial charge in [0.1, 0.15) is 0 Å². The molecule has 0 aliphatic rings. The van der Waals surface area contributed by atoms with Gasteiger partial charge in [-0.2, -0.15) is 0 Å². The molecular weight excluding hydrogens is 236 g/mol. The summed E-state index contributed by atoms with van der Waals surface area (Å²) in [6.45, 7) is 6.29. The highest BCUT2D eigenvalue weighted by Gasteiger charge is 2.26. The summed E-state index contributed by atoms with van der Waals surface area (Å²) in [5, 5.41) is 0. The molecule has 2 unspecified atom stereocenters. The molecule has 0 amide bonds. The van der Waals surface area contributed by atoms with E-state index in [1.54, 1.807) is 7.11 Å². The van der Waals surface area contributed by atoms with Crippen molar-refractivity contribution < 1.29 is 4.74 Å². The van der Waals surface area contributed by atoms with E-state index in [1.165, 1.54) is 5.56 Å². The third-order valence-electron chi connectivity index (χ3n) is 3.60. The fraction of sp³-hybridized carbons (Fsp3) is 0.625. The number of ether oxygens (including phenoxy) is 1. The zero-order valence-electron chi connectivity index (χ0n) is 12.7. The molecule has 1 rings (SSSR count). The van der Waals surface area contributed by atoms with E-state index in [-0.39, 0.29) is 6.04 Å². The Kier molecular flexibility index (Phi) is 7.06. The zero-order chi connectivity index (χ0) is 14.3. The van der Waals surface area contributed by atoms with Crippen molar-refractivity contribution in [3.8, 4) is 0 Å². The van der Waals surface area contributed by atoms with Gasteiger partial charge >= 0.3 is 0 Å². The first-order chi connectivity index (χ1) is 9.07. The summed E-state index contributed by atoms with van der Waals surface area (Å²) in [5.74, 6) is 0.516. The van der Waals surface area contributed by atoms with Gasteiger partial charge in [0.15, 0.2) is 0 Å². The summed E-state index contributed by atoms with van der Waals surface area (Å²) in [5.41, 5.74) is 7.68. The first-order valence-corrected chi connectivity index (χ1v) is 7.07. The van der Waals surface area contributed by atoms with E-state index < -0.39 is 0 Å². The van der Waals surface area contributed by atoms with Gasteiger partial charge in [-0.05, 0) is 24.9 Å². The maximum atomic E-state index is 6.47. The molecule has 0 spiro atoms. The predicted octanol–water partition coefficient (Wildman–Crippen LogP) is 2.68. The van der Waals surface area contributed by atoms with Crippen LogP contribution >= 0.6 is 0 Å². The highest BCUT2D eigenvalue weighted by Crippen LogP contribution is 2.23. The molecule has 0 fully saturated rings. The number of nitrogens with zero attached hydrogens (tertiary/aromatic N) is 1. The summed E-state index contributed by atoms with van der Waals surface area (Å²) in [6, 6.07) is 10.8. The fourth-order valence-corrected chi connectivity index (χ4v) is 2.68. The number of benzene rings is 1. The fourth-order valence-electron chi connectivity index (χ4n) is 2.68. The number of rotatable bonds is 8. The van der Waals surface area contributed by atoms with E-state index in [9.17, 15) is 0 Å². The third kappa shape index (κ3) is 4.94. The molecule has 19 heavy (non-hydrogen) atoms. The quantitative estimate of drug-likeness (QED) is 0.734. The van der Waals surface area contributed by atoms with E-state index in [0.717, 1.165) is 19.6 Å². The molecule has 2 atom stereocenters. The summed E-state index contributed by atoms with van der Waals surface area (Å²) >= 11 is 0. The number of likely N-dealkylation sites (N-methyl/N-ethyl adjacent to an activating group) is 1. The Morgan fingerprint density at radius 2 is 1.84 bits per heavy atom. The van der Waals surface area contributed by atoms with Crippen LogP contribution in [0.3, 0.4) is 0 Å². The number of nitrogens with two attached hydrogens (primary N) is 1. The molecule has 0 bridgehead atoms. The van der Waals surface area contributed by atoms with E-state index in [2.05, 4.69) is 50.1 Å². The highest BCUT2D eigenvalue weighted by molar-refractivity contribution is 5.20. The van der Waals surface area contributed by atoms with Crippen LogP contribution in [0.25, 0.3) is 0 Å². The van der Waals surface area contributed by atoms with Crippen LogP contribution in [0.5, 0.6) is 0 Å². The van der Waals surface area contributed by atoms with Crippen LogP contribution in [0.1, 0.15) is 31.9 Å². The van der Waals surface area contributed by atoms with Gasteiger partial charge in [-0.15, -0.1) is 0 Å². The molecule has 2 N–H and O–H groups in total. The Morgan fingerprint density at radius 1 is 1.21 bits per heavy atom. The summed E-state index contributed by atoms with van der Waals surface area (Å²) in [7, 11) is 3.90. The summed E-state index contributed by atoms with van der Waals surface area (Å²) < 4.78 is 5.12. The van der Waals surface area contributed by atoms with E-state index in [4.69, 9.17) is 10.5 Å². The Balaban J connectivity index is 2.71. The minimum Gasteiger partial charge on any atom is -0.385 e. The van der Waals surface area contributed by atoms with Crippen LogP contribution in [0, 0.1) is 5.92 Å². The predicted molar refractivity (Wildman–Crippen MR) is 81.1 cm³/mol. The summed E-state index contributed by atoms with van der Waals surface area (Å²) in [4.78, 5) is 2.36. The zero-order valence-corrected chi connectivity index (χ0v) is 12.7. The summed E-state index contributed by atoms with van der Waals surface area (Å²) in [6.07, 6.45) is 1.04. The van der Waals surface area contributed by atoms with Gasteiger partial charge in [0.05, 0.1) is 0 Å². The standard InChI is InChI=1S/C16H28N2O/c1-13(2)16(18(3)11-8-12-19-4)15(17)14-9-6-5-7-10-14/h5-7,9-10,13,15-16H,8,11-12,17H2,1-4H3. The number of methoxy groups -OCH3 is 1. The van der Waals surface area contributed by atoms with Crippen molar-refractivity contribution in [3.63, 3.8) is 0 Å². The molecule has 0 aromatic heterocycles. The molecule has 108 valence electrons. The van der Waals surface area contributed by atoms with E-state index in [1.807, 2.05) is 6.07 Å². The topological polar surface area (TPSA) is 38.5 Å². The average Bonchev–Trinajstić information content (AvgIpc) is 2.39. The van der Waals surface area contributed by atoms with Crippen molar-refractivity contribution >= 4 is 0 Å². The molecular formula is C16H28N2O. The molecule has 3 nitrogen and oxygen atoms in total. The third-order valence-corrected chi connectivity index (χ3v) is 3.60. The highest BCUT2D eigenvalue weighted by atomic mass is 16.5. The Labute approximate surface area is 117 Å². The Bertz CT molecular complexity index is 340. The Morgan fingerprint density at radius 3 is 2.37 bits per heavy atom. The molecule has 0 aliphatic heterocycles. The van der Waals surface area contributed by atoms with Crippen molar-refractivity contribution in [2.45, 2.75) is 32.4 Å². The van der Waals surface area contributed by atoms with Crippen LogP contribution < -0.4 is 5.73 Å². The minimum atomic E-state index is 0.0498. The first-order valence-electron chi connectivity index (χ1n) is 7.07. The maximum absolute atomic E-state index is 6.47. The lowest BCUT2D eigenvalue weighted by Crippen LogP contribution is -2.44. The van der Waals surface area contributed by atoms with Gasteiger partial charge in [0.25, 0.3) is 0 Å². The van der Waals surface area contributed by atoms with Crippen LogP contribution in [-0.2, 0) is 4.74 Å². The van der Waals surface area contributed by atoms with Crippen molar-refractivity contribution in [2.75, 3.05) is 27.3 Å². The Hall–Kier alpha value is -0.900. The van der Waals surface area contributed by atoms with Gasteiger partial charge in [-0.3, -0.25) is 0 Å². The lowest BCUT2D eigenvalue weighted by atomic mass is 9.90. The molecule has 0 saturated carbocycles. The molecule has 0 saturated heterocycles. The van der Waals surface area contributed by atoms with Crippen LogP contribution in [0.4, 0.5) is 0 Å². The van der Waals surface area contributed by atoms with Crippen LogP contribution in [0.15, 0.2) is 30.3 Å². The first kappa shape index (κ1) is 16.2. The van der Waals surface area contributed by atoms with Gasteiger partial charge in [-0.25, -0.2) is 0 Å². The number of hydrogen-bond acceptors (Lipinski definition) is 3. The molecule has 3 heteroatoms. The lowest BCUT2D eigenvalue weighted by Gasteiger charge is -2.36.